The maximum atomic E-state index is 12.9. The maximum absolute atomic E-state index is 12.9. The molecule has 0 unspecified atom stereocenters. The first kappa shape index (κ1) is 13.6. The second kappa shape index (κ2) is 5.27. The second-order valence-corrected chi connectivity index (χ2v) is 3.41. The number of hydrogen-bond donors (Lipinski definition) is 1. The van der Waals surface area contributed by atoms with E-state index in [9.17, 15) is 22.0 Å². The first-order valence-corrected chi connectivity index (χ1v) is 4.74. The summed E-state index contributed by atoms with van der Waals surface area (Å²) in [6.07, 6.45) is -3.73. The molecule has 1 rings (SSSR count). The zero-order valence-corrected chi connectivity index (χ0v) is 8.69. The summed E-state index contributed by atoms with van der Waals surface area (Å²) in [6, 6.07) is 2.10. The van der Waals surface area contributed by atoms with Crippen molar-refractivity contribution >= 4 is 0 Å². The van der Waals surface area contributed by atoms with E-state index in [1.807, 2.05) is 0 Å². The highest BCUT2D eigenvalue weighted by Gasteiger charge is 2.31. The van der Waals surface area contributed by atoms with Gasteiger partial charge in [0.2, 0.25) is 0 Å². The minimum Gasteiger partial charge on any atom is -0.325 e. The van der Waals surface area contributed by atoms with Crippen LogP contribution in [-0.4, -0.2) is 6.54 Å². The molecule has 0 aliphatic rings. The van der Waals surface area contributed by atoms with Gasteiger partial charge in [0, 0.05) is 6.54 Å². The van der Waals surface area contributed by atoms with Gasteiger partial charge in [0.15, 0.2) is 0 Å². The second-order valence-electron chi connectivity index (χ2n) is 3.41. The van der Waals surface area contributed by atoms with Crippen molar-refractivity contribution in [1.29, 1.82) is 0 Å². The molecule has 2 N–H and O–H groups in total. The topological polar surface area (TPSA) is 26.0 Å². The first-order chi connectivity index (χ1) is 7.82. The predicted molar refractivity (Wildman–Crippen MR) is 53.4 cm³/mol. The Labute approximate surface area is 94.7 Å². The molecule has 0 aliphatic heterocycles. The van der Waals surface area contributed by atoms with Crippen LogP contribution in [0.1, 0.15) is 11.1 Å². The fourth-order valence-electron chi connectivity index (χ4n) is 1.24. The molecule has 0 saturated carbocycles. The van der Waals surface area contributed by atoms with Crippen molar-refractivity contribution in [3.05, 3.63) is 47.0 Å². The summed E-state index contributed by atoms with van der Waals surface area (Å²) in [4.78, 5) is 0. The Balaban J connectivity index is 2.98. The Morgan fingerprint density at radius 1 is 1.24 bits per heavy atom. The average Bonchev–Trinajstić information content (AvgIpc) is 2.24. The summed E-state index contributed by atoms with van der Waals surface area (Å²) in [5.41, 5.74) is 3.92. The highest BCUT2D eigenvalue weighted by molar-refractivity contribution is 5.28. The van der Waals surface area contributed by atoms with Gasteiger partial charge in [0.05, 0.1) is 5.56 Å². The van der Waals surface area contributed by atoms with Crippen LogP contribution in [0, 0.1) is 5.82 Å². The Hall–Kier alpha value is -1.43. The zero-order valence-electron chi connectivity index (χ0n) is 8.69. The molecule has 0 amide bonds. The van der Waals surface area contributed by atoms with Crippen molar-refractivity contribution in [3.63, 3.8) is 0 Å². The van der Waals surface area contributed by atoms with Gasteiger partial charge in [0.1, 0.15) is 11.6 Å². The maximum Gasteiger partial charge on any atom is 0.416 e. The van der Waals surface area contributed by atoms with E-state index in [1.165, 1.54) is 0 Å². The first-order valence-electron chi connectivity index (χ1n) is 4.74. The minimum absolute atomic E-state index is 0.0425. The van der Waals surface area contributed by atoms with Gasteiger partial charge in [-0.2, -0.15) is 13.2 Å². The van der Waals surface area contributed by atoms with E-state index >= 15 is 0 Å². The summed E-state index contributed by atoms with van der Waals surface area (Å²) in [6.45, 7) is -0.332. The number of hydrogen-bond acceptors (Lipinski definition) is 1. The molecule has 1 nitrogen and oxygen atoms in total. The van der Waals surface area contributed by atoms with Crippen molar-refractivity contribution in [1.82, 2.24) is 0 Å². The van der Waals surface area contributed by atoms with Crippen molar-refractivity contribution in [2.75, 3.05) is 6.54 Å². The third-order valence-corrected chi connectivity index (χ3v) is 2.04. The highest BCUT2D eigenvalue weighted by atomic mass is 19.4. The zero-order chi connectivity index (χ0) is 13.1. The van der Waals surface area contributed by atoms with Crippen LogP contribution in [0.5, 0.6) is 0 Å². The predicted octanol–water partition coefficient (Wildman–Crippen LogP) is 3.20. The molecule has 0 aliphatic carbocycles. The van der Waals surface area contributed by atoms with Crippen LogP contribution in [0.4, 0.5) is 22.0 Å². The van der Waals surface area contributed by atoms with E-state index in [2.05, 4.69) is 0 Å². The Bertz CT molecular complexity index is 422. The van der Waals surface area contributed by atoms with Crippen molar-refractivity contribution in [2.24, 2.45) is 5.73 Å². The summed E-state index contributed by atoms with van der Waals surface area (Å²) in [5.74, 6) is -1.65. The fraction of sp³-hybridized carbons (Fsp3) is 0.273. The van der Waals surface area contributed by atoms with E-state index in [0.717, 1.165) is 18.2 Å². The number of allylic oxidation sites excluding steroid dienone is 1. The lowest BCUT2D eigenvalue weighted by Gasteiger charge is -2.08. The molecule has 1 aromatic rings. The molecule has 0 spiro atoms. The SMILES string of the molecule is NCC(F)=CCc1cc(F)cc(C(F)(F)F)c1. The van der Waals surface area contributed by atoms with E-state index in [-0.39, 0.29) is 18.5 Å². The van der Waals surface area contributed by atoms with Crippen molar-refractivity contribution in [2.45, 2.75) is 12.6 Å². The fourth-order valence-corrected chi connectivity index (χ4v) is 1.24. The van der Waals surface area contributed by atoms with Crippen molar-refractivity contribution < 1.29 is 22.0 Å². The smallest absolute Gasteiger partial charge is 0.325 e. The lowest BCUT2D eigenvalue weighted by Crippen LogP contribution is -2.06. The van der Waals surface area contributed by atoms with Gasteiger partial charge in [-0.3, -0.25) is 0 Å². The van der Waals surface area contributed by atoms with Crippen LogP contribution in [0.25, 0.3) is 0 Å². The molecule has 0 atom stereocenters. The summed E-state index contributed by atoms with van der Waals surface area (Å²) in [5, 5.41) is 0. The van der Waals surface area contributed by atoms with Gasteiger partial charge in [-0.1, -0.05) is 0 Å². The summed E-state index contributed by atoms with van der Waals surface area (Å²) < 4.78 is 62.6. The summed E-state index contributed by atoms with van der Waals surface area (Å²) in [7, 11) is 0. The number of halogens is 5. The van der Waals surface area contributed by atoms with E-state index < -0.39 is 23.4 Å². The lowest BCUT2D eigenvalue weighted by atomic mass is 10.1. The minimum atomic E-state index is -4.62. The molecule has 94 valence electrons. The van der Waals surface area contributed by atoms with Crippen LogP contribution < -0.4 is 5.73 Å². The van der Waals surface area contributed by atoms with Crippen molar-refractivity contribution in [3.8, 4) is 0 Å². The third-order valence-electron chi connectivity index (χ3n) is 2.04. The average molecular weight is 251 g/mol. The number of nitrogens with two attached hydrogens (primary N) is 1. The Kier molecular flexibility index (Phi) is 4.22. The molecule has 0 bridgehead atoms. The number of benzene rings is 1. The van der Waals surface area contributed by atoms with Gasteiger partial charge >= 0.3 is 6.18 Å². The van der Waals surface area contributed by atoms with E-state index in [1.54, 1.807) is 0 Å². The molecule has 1 aromatic carbocycles. The number of rotatable bonds is 3. The molecule has 6 heteroatoms. The molecule has 0 radical (unpaired) electrons. The van der Waals surface area contributed by atoms with Gasteiger partial charge in [-0.15, -0.1) is 0 Å². The van der Waals surface area contributed by atoms with Crippen LogP contribution in [0.15, 0.2) is 30.1 Å². The largest absolute Gasteiger partial charge is 0.416 e. The Morgan fingerprint density at radius 2 is 1.88 bits per heavy atom. The molecular weight excluding hydrogens is 241 g/mol. The van der Waals surface area contributed by atoms with Gasteiger partial charge in [-0.05, 0) is 36.3 Å². The van der Waals surface area contributed by atoms with E-state index in [0.29, 0.717) is 6.07 Å². The van der Waals surface area contributed by atoms with Gasteiger partial charge in [-0.25, -0.2) is 8.78 Å². The Morgan fingerprint density at radius 3 is 2.41 bits per heavy atom. The molecule has 0 saturated heterocycles. The van der Waals surface area contributed by atoms with Gasteiger partial charge in [0.25, 0.3) is 0 Å². The van der Waals surface area contributed by atoms with Crippen LogP contribution in [-0.2, 0) is 12.6 Å². The number of alkyl halides is 3. The van der Waals surface area contributed by atoms with Crippen LogP contribution in [0.3, 0.4) is 0 Å². The molecule has 17 heavy (non-hydrogen) atoms. The summed E-state index contributed by atoms with van der Waals surface area (Å²) >= 11 is 0. The normalized spacial score (nSPS) is 12.9. The lowest BCUT2D eigenvalue weighted by molar-refractivity contribution is -0.137. The van der Waals surface area contributed by atoms with E-state index in [4.69, 9.17) is 5.73 Å². The van der Waals surface area contributed by atoms with Gasteiger partial charge < -0.3 is 5.73 Å². The standard InChI is InChI=1S/C11H10F5N/c12-9(6-17)2-1-7-3-8(11(14,15)16)5-10(13)4-7/h2-5H,1,6,17H2. The van der Waals surface area contributed by atoms with Crippen LogP contribution >= 0.6 is 0 Å². The highest BCUT2D eigenvalue weighted by Crippen LogP contribution is 2.30. The third kappa shape index (κ3) is 4.14. The molecule has 0 fully saturated rings. The molecule has 0 aromatic heterocycles. The quantitative estimate of drug-likeness (QED) is 0.820. The molecular formula is C11H10F5N. The molecule has 0 heterocycles. The monoisotopic (exact) mass is 251 g/mol. The van der Waals surface area contributed by atoms with Crippen LogP contribution in [0.2, 0.25) is 0 Å².